The molecule has 7 heavy (non-hydrogen) atoms. The Hall–Kier alpha value is -0.570. The molecule has 0 rings (SSSR count). The third-order valence-electron chi connectivity index (χ3n) is 0.587. The highest BCUT2D eigenvalue weighted by Gasteiger charge is 1.83. The first-order valence-electron chi connectivity index (χ1n) is 2.11. The summed E-state index contributed by atoms with van der Waals surface area (Å²) in [6.07, 6.45) is 0.774. The van der Waals surface area contributed by atoms with E-state index >= 15 is 0 Å². The van der Waals surface area contributed by atoms with E-state index in [-0.39, 0.29) is 0 Å². The highest BCUT2D eigenvalue weighted by Crippen LogP contribution is 1.63. The van der Waals surface area contributed by atoms with Crippen molar-refractivity contribution >= 4 is 6.41 Å². The molecule has 3 heteroatoms. The maximum absolute atomic E-state index is 9.78. The Balaban J connectivity index is 2.98. The second-order valence-corrected chi connectivity index (χ2v) is 1.37. The van der Waals surface area contributed by atoms with Crippen molar-refractivity contribution in [3.05, 3.63) is 0 Å². The van der Waals surface area contributed by atoms with Gasteiger partial charge in [0.1, 0.15) is 0 Å². The zero-order valence-electron chi connectivity index (χ0n) is 4.64. The molecule has 0 aromatic rings. The summed E-state index contributed by atoms with van der Waals surface area (Å²) in [7, 11) is 3.50. The Labute approximate surface area is 43.3 Å². The quantitative estimate of drug-likeness (QED) is 0.375. The molecule has 0 aromatic carbocycles. The lowest BCUT2D eigenvalue weighted by atomic mass is 10.8. The van der Waals surface area contributed by atoms with Crippen LogP contribution in [0.15, 0.2) is 0 Å². The van der Waals surface area contributed by atoms with Crippen molar-refractivity contribution in [2.75, 3.05) is 20.8 Å². The highest BCUT2D eigenvalue weighted by molar-refractivity contribution is 5.45. The molecule has 0 unspecified atom stereocenters. The average molecular weight is 102 g/mol. The van der Waals surface area contributed by atoms with Gasteiger partial charge in [-0.2, -0.15) is 0 Å². The minimum Gasteiger partial charge on any atom is -0.336 e. The maximum atomic E-state index is 9.78. The van der Waals surface area contributed by atoms with Crippen LogP contribution in [0.3, 0.4) is 0 Å². The third kappa shape index (κ3) is 3.26. The minimum atomic E-state index is 0.615. The Morgan fingerprint density at radius 2 is 2.43 bits per heavy atom. The van der Waals surface area contributed by atoms with Crippen LogP contribution in [0.4, 0.5) is 0 Å². The van der Waals surface area contributed by atoms with Crippen molar-refractivity contribution in [2.45, 2.75) is 0 Å². The van der Waals surface area contributed by atoms with Crippen LogP contribution in [0.1, 0.15) is 0 Å². The van der Waals surface area contributed by atoms with E-state index in [4.69, 9.17) is 0 Å². The van der Waals surface area contributed by atoms with Crippen molar-refractivity contribution in [3.63, 3.8) is 0 Å². The normalized spacial score (nSPS) is 8.29. The molecule has 0 heterocycles. The van der Waals surface area contributed by atoms with Crippen molar-refractivity contribution in [1.29, 1.82) is 0 Å². The van der Waals surface area contributed by atoms with E-state index < -0.39 is 0 Å². The van der Waals surface area contributed by atoms with E-state index in [0.29, 0.717) is 6.67 Å². The smallest absolute Gasteiger partial charge is 0.210 e. The van der Waals surface area contributed by atoms with Gasteiger partial charge in [-0.25, -0.2) is 0 Å². The molecule has 0 aliphatic heterocycles. The Bertz CT molecular complexity index is 55.7. The fraction of sp³-hybridized carbons (Fsp3) is 0.750. The Kier molecular flexibility index (Phi) is 3.32. The molecule has 0 bridgehead atoms. The summed E-state index contributed by atoms with van der Waals surface area (Å²) in [4.78, 5) is 11.3. The van der Waals surface area contributed by atoms with Gasteiger partial charge >= 0.3 is 0 Å². The van der Waals surface area contributed by atoms with Gasteiger partial charge in [0, 0.05) is 7.05 Å². The standard InChI is InChI=1S/C4H10N2O/c1-5-3-6(2)4-7/h4-5H,3H2,1-2H3. The molecule has 3 nitrogen and oxygen atoms in total. The molecule has 0 aliphatic rings. The molecular formula is C4H10N2O. The van der Waals surface area contributed by atoms with E-state index in [2.05, 4.69) is 5.32 Å². The van der Waals surface area contributed by atoms with Crippen LogP contribution >= 0.6 is 0 Å². The summed E-state index contributed by atoms with van der Waals surface area (Å²) in [6.45, 7) is 0.615. The first-order valence-corrected chi connectivity index (χ1v) is 2.11. The van der Waals surface area contributed by atoms with E-state index in [0.717, 1.165) is 6.41 Å². The van der Waals surface area contributed by atoms with Crippen LogP contribution in [0.2, 0.25) is 0 Å². The zero-order chi connectivity index (χ0) is 5.70. The van der Waals surface area contributed by atoms with Gasteiger partial charge in [-0.1, -0.05) is 0 Å². The van der Waals surface area contributed by atoms with Crippen LogP contribution in [-0.2, 0) is 4.79 Å². The number of hydrogen-bond donors (Lipinski definition) is 1. The number of carbonyl (C=O) groups is 1. The number of carbonyl (C=O) groups excluding carboxylic acids is 1. The summed E-state index contributed by atoms with van der Waals surface area (Å²) < 4.78 is 0. The largest absolute Gasteiger partial charge is 0.336 e. The summed E-state index contributed by atoms with van der Waals surface area (Å²) in [5, 5.41) is 2.81. The van der Waals surface area contributed by atoms with Gasteiger partial charge in [-0.3, -0.25) is 4.79 Å². The molecule has 0 saturated carbocycles. The number of rotatable bonds is 3. The average Bonchev–Trinajstić information content (AvgIpc) is 1.68. The summed E-state index contributed by atoms with van der Waals surface area (Å²) in [6, 6.07) is 0. The second-order valence-electron chi connectivity index (χ2n) is 1.37. The lowest BCUT2D eigenvalue weighted by Gasteiger charge is -2.06. The molecule has 0 radical (unpaired) electrons. The molecule has 0 aliphatic carbocycles. The van der Waals surface area contributed by atoms with Crippen molar-refractivity contribution in [1.82, 2.24) is 10.2 Å². The Morgan fingerprint density at radius 3 is 2.57 bits per heavy atom. The Morgan fingerprint density at radius 1 is 1.86 bits per heavy atom. The van der Waals surface area contributed by atoms with Crippen LogP contribution in [0, 0.1) is 0 Å². The van der Waals surface area contributed by atoms with Gasteiger partial charge in [0.05, 0.1) is 6.67 Å². The fourth-order valence-corrected chi connectivity index (χ4v) is 0.287. The maximum Gasteiger partial charge on any atom is 0.210 e. The lowest BCUT2D eigenvalue weighted by molar-refractivity contribution is -0.117. The number of amides is 1. The molecule has 42 valence electrons. The van der Waals surface area contributed by atoms with Crippen molar-refractivity contribution < 1.29 is 4.79 Å². The van der Waals surface area contributed by atoms with E-state index in [1.54, 1.807) is 14.1 Å². The monoisotopic (exact) mass is 102 g/mol. The fourth-order valence-electron chi connectivity index (χ4n) is 0.287. The molecule has 1 N–H and O–H groups in total. The van der Waals surface area contributed by atoms with Gasteiger partial charge in [0.2, 0.25) is 6.41 Å². The van der Waals surface area contributed by atoms with Crippen LogP contribution < -0.4 is 5.32 Å². The van der Waals surface area contributed by atoms with Crippen molar-refractivity contribution in [3.8, 4) is 0 Å². The van der Waals surface area contributed by atoms with Crippen LogP contribution in [-0.4, -0.2) is 32.1 Å². The highest BCUT2D eigenvalue weighted by atomic mass is 16.1. The predicted molar refractivity (Wildman–Crippen MR) is 27.8 cm³/mol. The number of nitrogens with zero attached hydrogens (tertiary/aromatic N) is 1. The minimum absolute atomic E-state index is 0.615. The third-order valence-corrected chi connectivity index (χ3v) is 0.587. The van der Waals surface area contributed by atoms with Crippen LogP contribution in [0.5, 0.6) is 0 Å². The van der Waals surface area contributed by atoms with Gasteiger partial charge in [0.15, 0.2) is 0 Å². The van der Waals surface area contributed by atoms with E-state index in [1.807, 2.05) is 0 Å². The molecular weight excluding hydrogens is 92.1 g/mol. The summed E-state index contributed by atoms with van der Waals surface area (Å²) in [5.41, 5.74) is 0. The van der Waals surface area contributed by atoms with Crippen LogP contribution in [0.25, 0.3) is 0 Å². The number of nitrogens with one attached hydrogen (secondary N) is 1. The van der Waals surface area contributed by atoms with E-state index in [1.165, 1.54) is 4.90 Å². The number of hydrogen-bond acceptors (Lipinski definition) is 2. The summed E-state index contributed by atoms with van der Waals surface area (Å²) >= 11 is 0. The van der Waals surface area contributed by atoms with Gasteiger partial charge in [-0.15, -0.1) is 0 Å². The SMILES string of the molecule is CNCN(C)C=O. The summed E-state index contributed by atoms with van der Waals surface area (Å²) in [5.74, 6) is 0. The molecule has 0 saturated heterocycles. The zero-order valence-corrected chi connectivity index (χ0v) is 4.64. The first-order chi connectivity index (χ1) is 3.31. The molecule has 0 aromatic heterocycles. The first kappa shape index (κ1) is 6.43. The molecule has 0 fully saturated rings. The molecule has 0 spiro atoms. The predicted octanol–water partition coefficient (Wildman–Crippen LogP) is -0.749. The topological polar surface area (TPSA) is 32.3 Å². The molecule has 1 amide bonds. The van der Waals surface area contributed by atoms with Gasteiger partial charge in [0.25, 0.3) is 0 Å². The van der Waals surface area contributed by atoms with Crippen molar-refractivity contribution in [2.24, 2.45) is 0 Å². The van der Waals surface area contributed by atoms with Gasteiger partial charge < -0.3 is 10.2 Å². The molecule has 0 atom stereocenters. The lowest BCUT2D eigenvalue weighted by Crippen LogP contribution is -2.26. The second kappa shape index (κ2) is 3.61. The van der Waals surface area contributed by atoms with E-state index in [9.17, 15) is 4.79 Å². The van der Waals surface area contributed by atoms with Gasteiger partial charge in [-0.05, 0) is 7.05 Å².